The Labute approximate surface area is 310 Å². The molecule has 1 aliphatic rings. The SMILES string of the molecule is CC1C(c2ccccc2)=NC(c2ccc(-c3ccc(-c4cc(-c5ccccc5)nc(-c5ccccc5)c4)c4ccccc34)cc2)=NC1c1ccccc1. The zero-order valence-electron chi connectivity index (χ0n) is 29.5. The van der Waals surface area contributed by atoms with Crippen LogP contribution in [0.5, 0.6) is 0 Å². The van der Waals surface area contributed by atoms with E-state index in [4.69, 9.17) is 15.0 Å². The van der Waals surface area contributed by atoms with Gasteiger partial charge in [-0.15, -0.1) is 0 Å². The van der Waals surface area contributed by atoms with Gasteiger partial charge in [0.15, 0.2) is 5.84 Å². The monoisotopic (exact) mass is 679 g/mol. The molecule has 3 nitrogen and oxygen atoms in total. The van der Waals surface area contributed by atoms with Crippen LogP contribution in [0.3, 0.4) is 0 Å². The first kappa shape index (κ1) is 32.2. The lowest BCUT2D eigenvalue weighted by atomic mass is 9.86. The van der Waals surface area contributed by atoms with Crippen LogP contribution in [0.1, 0.15) is 29.7 Å². The summed E-state index contributed by atoms with van der Waals surface area (Å²) in [7, 11) is 0. The first-order chi connectivity index (χ1) is 26.2. The highest BCUT2D eigenvalue weighted by Gasteiger charge is 2.29. The molecule has 0 radical (unpaired) electrons. The summed E-state index contributed by atoms with van der Waals surface area (Å²) in [5.41, 5.74) is 13.2. The van der Waals surface area contributed by atoms with Gasteiger partial charge >= 0.3 is 0 Å². The number of amidine groups is 1. The third-order valence-electron chi connectivity index (χ3n) is 10.3. The molecule has 0 N–H and O–H groups in total. The quantitative estimate of drug-likeness (QED) is 0.165. The molecule has 0 aliphatic carbocycles. The number of aromatic nitrogens is 1. The van der Waals surface area contributed by atoms with Crippen molar-refractivity contribution >= 4 is 22.3 Å². The Morgan fingerprint density at radius 3 is 1.40 bits per heavy atom. The maximum absolute atomic E-state index is 5.26. The van der Waals surface area contributed by atoms with Crippen LogP contribution in [0.25, 0.3) is 55.5 Å². The van der Waals surface area contributed by atoms with Crippen LogP contribution in [0.15, 0.2) is 204 Å². The minimum Gasteiger partial charge on any atom is -0.257 e. The molecule has 2 heterocycles. The molecule has 2 unspecified atom stereocenters. The highest BCUT2D eigenvalue weighted by Crippen LogP contribution is 2.39. The lowest BCUT2D eigenvalue weighted by molar-refractivity contribution is 0.592. The average Bonchev–Trinajstić information content (AvgIpc) is 3.24. The van der Waals surface area contributed by atoms with Crippen LogP contribution in [0.4, 0.5) is 0 Å². The van der Waals surface area contributed by atoms with Crippen molar-refractivity contribution in [3.8, 4) is 44.8 Å². The number of hydrogen-bond acceptors (Lipinski definition) is 3. The Kier molecular flexibility index (Phi) is 8.59. The first-order valence-corrected chi connectivity index (χ1v) is 18.2. The van der Waals surface area contributed by atoms with Crippen LogP contribution in [-0.2, 0) is 0 Å². The van der Waals surface area contributed by atoms with Gasteiger partial charge in [0.1, 0.15) is 0 Å². The fourth-order valence-corrected chi connectivity index (χ4v) is 7.53. The maximum atomic E-state index is 5.26. The summed E-state index contributed by atoms with van der Waals surface area (Å²) in [5, 5.41) is 2.40. The van der Waals surface area contributed by atoms with Gasteiger partial charge in [-0.2, -0.15) is 0 Å². The second-order valence-electron chi connectivity index (χ2n) is 13.6. The van der Waals surface area contributed by atoms with Crippen molar-refractivity contribution < 1.29 is 0 Å². The van der Waals surface area contributed by atoms with Crippen molar-refractivity contribution in [3.05, 3.63) is 211 Å². The van der Waals surface area contributed by atoms with Crippen LogP contribution in [0.2, 0.25) is 0 Å². The lowest BCUT2D eigenvalue weighted by Gasteiger charge is -2.28. The predicted molar refractivity (Wildman–Crippen MR) is 221 cm³/mol. The fourth-order valence-electron chi connectivity index (χ4n) is 7.53. The Morgan fingerprint density at radius 1 is 0.396 bits per heavy atom. The zero-order chi connectivity index (χ0) is 35.6. The Morgan fingerprint density at radius 2 is 0.849 bits per heavy atom. The van der Waals surface area contributed by atoms with Crippen LogP contribution >= 0.6 is 0 Å². The van der Waals surface area contributed by atoms with E-state index in [-0.39, 0.29) is 12.0 Å². The third-order valence-corrected chi connectivity index (χ3v) is 10.3. The van der Waals surface area contributed by atoms with Crippen LogP contribution < -0.4 is 0 Å². The minimum absolute atomic E-state index is 0.0203. The highest BCUT2D eigenvalue weighted by molar-refractivity contribution is 6.15. The van der Waals surface area contributed by atoms with Gasteiger partial charge in [0.05, 0.1) is 23.1 Å². The van der Waals surface area contributed by atoms with Gasteiger partial charge in [-0.05, 0) is 56.3 Å². The molecular weight excluding hydrogens is 643 g/mol. The molecule has 0 amide bonds. The fraction of sp³-hybridized carbons (Fsp3) is 0.0600. The molecule has 1 aliphatic heterocycles. The van der Waals surface area contributed by atoms with Gasteiger partial charge in [0.25, 0.3) is 0 Å². The van der Waals surface area contributed by atoms with Crippen molar-refractivity contribution in [2.24, 2.45) is 15.9 Å². The smallest absolute Gasteiger partial charge is 0.155 e. The molecule has 1 aromatic heterocycles. The van der Waals surface area contributed by atoms with Gasteiger partial charge in [-0.3, -0.25) is 4.99 Å². The van der Waals surface area contributed by atoms with Crippen molar-refractivity contribution in [1.82, 2.24) is 4.98 Å². The van der Waals surface area contributed by atoms with Crippen LogP contribution in [0, 0.1) is 5.92 Å². The van der Waals surface area contributed by atoms with E-state index in [1.165, 1.54) is 27.5 Å². The van der Waals surface area contributed by atoms with E-state index in [1.807, 2.05) is 12.1 Å². The number of pyridine rings is 1. The second kappa shape index (κ2) is 14.1. The summed E-state index contributed by atoms with van der Waals surface area (Å²) in [6.07, 6.45) is 0. The predicted octanol–water partition coefficient (Wildman–Crippen LogP) is 12.5. The van der Waals surface area contributed by atoms with Gasteiger partial charge in [-0.1, -0.05) is 189 Å². The number of rotatable bonds is 7. The van der Waals surface area contributed by atoms with Crippen LogP contribution in [-0.4, -0.2) is 16.5 Å². The van der Waals surface area contributed by atoms with E-state index in [1.54, 1.807) is 0 Å². The largest absolute Gasteiger partial charge is 0.257 e. The second-order valence-corrected chi connectivity index (χ2v) is 13.6. The summed E-state index contributed by atoms with van der Waals surface area (Å²) in [5.74, 6) is 0.907. The summed E-state index contributed by atoms with van der Waals surface area (Å²) in [6, 6.07) is 68.4. The molecule has 2 atom stereocenters. The van der Waals surface area contributed by atoms with Crippen molar-refractivity contribution in [3.63, 3.8) is 0 Å². The average molecular weight is 680 g/mol. The Balaban J connectivity index is 1.11. The van der Waals surface area contributed by atoms with Gasteiger partial charge < -0.3 is 0 Å². The summed E-state index contributed by atoms with van der Waals surface area (Å²) < 4.78 is 0. The molecule has 9 rings (SSSR count). The van der Waals surface area contributed by atoms with Crippen molar-refractivity contribution in [2.75, 3.05) is 0 Å². The van der Waals surface area contributed by atoms with Gasteiger partial charge in [0.2, 0.25) is 0 Å². The number of nitrogens with zero attached hydrogens (tertiary/aromatic N) is 3. The number of aliphatic imine (C=N–C) groups is 2. The highest BCUT2D eigenvalue weighted by atomic mass is 15.0. The molecule has 252 valence electrons. The molecule has 53 heavy (non-hydrogen) atoms. The number of hydrogen-bond donors (Lipinski definition) is 0. The molecule has 0 saturated heterocycles. The molecule has 8 aromatic rings. The summed E-state index contributed by atoms with van der Waals surface area (Å²) in [6.45, 7) is 2.23. The number of fused-ring (bicyclic) bond motifs is 1. The Bertz CT molecular complexity index is 2540. The third kappa shape index (κ3) is 6.39. The lowest BCUT2D eigenvalue weighted by Crippen LogP contribution is -2.26. The van der Waals surface area contributed by atoms with E-state index in [0.717, 1.165) is 56.3 Å². The maximum Gasteiger partial charge on any atom is 0.155 e. The molecule has 0 saturated carbocycles. The molecule has 0 spiro atoms. The van der Waals surface area contributed by atoms with Gasteiger partial charge in [-0.25, -0.2) is 9.98 Å². The van der Waals surface area contributed by atoms with E-state index >= 15 is 0 Å². The van der Waals surface area contributed by atoms with Crippen molar-refractivity contribution in [2.45, 2.75) is 13.0 Å². The summed E-state index contributed by atoms with van der Waals surface area (Å²) in [4.78, 5) is 15.6. The Hall–Kier alpha value is -6.71. The van der Waals surface area contributed by atoms with Crippen molar-refractivity contribution in [1.29, 1.82) is 0 Å². The normalized spacial score (nSPS) is 15.5. The minimum atomic E-state index is -0.0203. The molecule has 0 bridgehead atoms. The van der Waals surface area contributed by atoms with E-state index < -0.39 is 0 Å². The summed E-state index contributed by atoms with van der Waals surface area (Å²) >= 11 is 0. The molecule has 7 aromatic carbocycles. The number of benzene rings is 7. The van der Waals surface area contributed by atoms with E-state index in [9.17, 15) is 0 Å². The zero-order valence-corrected chi connectivity index (χ0v) is 29.5. The van der Waals surface area contributed by atoms with E-state index in [2.05, 4.69) is 189 Å². The van der Waals surface area contributed by atoms with E-state index in [0.29, 0.717) is 0 Å². The standard InChI is InChI=1S/C50H37N3/c1-34-48(38-20-10-4-11-21-38)52-50(53-49(34)39-22-12-5-13-23-39)40-28-26-35(27-29-40)42-30-31-43(45-25-15-14-24-44(42)45)41-32-46(36-16-6-2-7-17-36)51-47(33-41)37-18-8-3-9-19-37/h2-34,48H,1H3. The molecule has 3 heteroatoms. The first-order valence-electron chi connectivity index (χ1n) is 18.2. The van der Waals surface area contributed by atoms with Gasteiger partial charge in [0, 0.05) is 22.6 Å². The molecular formula is C50H37N3. The topological polar surface area (TPSA) is 37.6 Å². The molecule has 0 fully saturated rings.